The number of carbonyl (C=O) groups excluding carboxylic acids is 1. The Labute approximate surface area is 150 Å². The van der Waals surface area contributed by atoms with Crippen LogP contribution in [0.25, 0.3) is 0 Å². The van der Waals surface area contributed by atoms with Crippen LogP contribution in [0.4, 0.5) is 0 Å². The van der Waals surface area contributed by atoms with Crippen LogP contribution in [-0.4, -0.2) is 12.6 Å². The lowest BCUT2D eigenvalue weighted by molar-refractivity contribution is -0.144. The predicted octanol–water partition coefficient (Wildman–Crippen LogP) is 6.78. The molecule has 2 heteroatoms. The summed E-state index contributed by atoms with van der Waals surface area (Å²) in [6.45, 7) is 6.83. The molecule has 0 radical (unpaired) electrons. The quantitative estimate of drug-likeness (QED) is 0.187. The molecule has 2 nitrogen and oxygen atoms in total. The summed E-state index contributed by atoms with van der Waals surface area (Å²) in [7, 11) is 0. The van der Waals surface area contributed by atoms with Crippen molar-refractivity contribution in [3.05, 3.63) is 36.5 Å². The van der Waals surface area contributed by atoms with Crippen molar-refractivity contribution >= 4 is 5.97 Å². The Hall–Kier alpha value is -1.31. The van der Waals surface area contributed by atoms with E-state index in [2.05, 4.69) is 57.2 Å². The maximum absolute atomic E-state index is 11.4. The van der Waals surface area contributed by atoms with Crippen molar-refractivity contribution in [3.63, 3.8) is 0 Å². The highest BCUT2D eigenvalue weighted by atomic mass is 16.5. The molecule has 0 saturated carbocycles. The molecular formula is C22H38O2. The first kappa shape index (κ1) is 22.7. The maximum Gasteiger partial charge on any atom is 0.305 e. The normalized spacial score (nSPS) is 12.2. The molecular weight excluding hydrogens is 296 g/mol. The molecule has 0 amide bonds. The molecule has 0 atom stereocenters. The van der Waals surface area contributed by atoms with Crippen LogP contribution in [0.2, 0.25) is 0 Å². The number of esters is 1. The van der Waals surface area contributed by atoms with Crippen LogP contribution in [0.1, 0.15) is 85.0 Å². The highest BCUT2D eigenvalue weighted by Crippen LogP contribution is 2.09. The summed E-state index contributed by atoms with van der Waals surface area (Å²) in [4.78, 5) is 11.4. The van der Waals surface area contributed by atoms with Crippen molar-refractivity contribution in [1.29, 1.82) is 0 Å². The lowest BCUT2D eigenvalue weighted by atomic mass is 10.1. The number of hydrogen-bond donors (Lipinski definition) is 0. The third kappa shape index (κ3) is 18.7. The lowest BCUT2D eigenvalue weighted by Crippen LogP contribution is -2.09. The van der Waals surface area contributed by atoms with Crippen LogP contribution in [0.5, 0.6) is 0 Å². The van der Waals surface area contributed by atoms with E-state index in [1.54, 1.807) is 0 Å². The first-order valence-corrected chi connectivity index (χ1v) is 9.77. The molecule has 0 spiro atoms. The monoisotopic (exact) mass is 334 g/mol. The largest absolute Gasteiger partial charge is 0.465 e. The summed E-state index contributed by atoms with van der Waals surface area (Å²) in [6, 6.07) is 0. The second-order valence-corrected chi connectivity index (χ2v) is 6.68. The van der Waals surface area contributed by atoms with Crippen molar-refractivity contribution in [3.8, 4) is 0 Å². The Bertz CT molecular complexity index is 364. The first-order chi connectivity index (χ1) is 11.7. The Morgan fingerprint density at radius 1 is 0.833 bits per heavy atom. The molecule has 0 saturated heterocycles. The summed E-state index contributed by atoms with van der Waals surface area (Å²) in [6.07, 6.45) is 24.2. The minimum atomic E-state index is -0.0372. The van der Waals surface area contributed by atoms with E-state index < -0.39 is 0 Å². The van der Waals surface area contributed by atoms with Crippen molar-refractivity contribution in [2.24, 2.45) is 5.92 Å². The van der Waals surface area contributed by atoms with Gasteiger partial charge in [0.15, 0.2) is 0 Å². The number of unbranched alkanes of at least 4 members (excludes halogenated alkanes) is 5. The van der Waals surface area contributed by atoms with Gasteiger partial charge in [0, 0.05) is 6.42 Å². The zero-order valence-electron chi connectivity index (χ0n) is 16.1. The summed E-state index contributed by atoms with van der Waals surface area (Å²) in [5, 5.41) is 0. The Balaban J connectivity index is 3.31. The highest BCUT2D eigenvalue weighted by Gasteiger charge is 2.03. The van der Waals surface area contributed by atoms with E-state index in [0.29, 0.717) is 18.9 Å². The standard InChI is InChI=1S/C22H38O2/c1-4-5-6-7-8-9-10-11-12-13-14-15-16-17-18-19-22(23)24-20-21(2)3/h5-6,8-9,11-12,21H,4,7,10,13-20H2,1-3H3. The fourth-order valence-electron chi connectivity index (χ4n) is 2.22. The van der Waals surface area contributed by atoms with Crippen LogP contribution >= 0.6 is 0 Å². The predicted molar refractivity (Wildman–Crippen MR) is 105 cm³/mol. The number of hydrogen-bond acceptors (Lipinski definition) is 2. The van der Waals surface area contributed by atoms with Gasteiger partial charge in [-0.2, -0.15) is 0 Å². The highest BCUT2D eigenvalue weighted by molar-refractivity contribution is 5.69. The number of ether oxygens (including phenoxy) is 1. The zero-order chi connectivity index (χ0) is 17.9. The van der Waals surface area contributed by atoms with E-state index in [-0.39, 0.29) is 5.97 Å². The van der Waals surface area contributed by atoms with Crippen LogP contribution in [0.3, 0.4) is 0 Å². The molecule has 0 unspecified atom stereocenters. The average Bonchev–Trinajstić information content (AvgIpc) is 2.56. The molecule has 0 aromatic heterocycles. The minimum absolute atomic E-state index is 0.0372. The Morgan fingerprint density at radius 2 is 1.42 bits per heavy atom. The SMILES string of the molecule is CCC=CCC=CCC=CCCCCCCCC(=O)OCC(C)C. The third-order valence-electron chi connectivity index (χ3n) is 3.61. The summed E-state index contributed by atoms with van der Waals surface area (Å²) in [5.74, 6) is 0.389. The van der Waals surface area contributed by atoms with Gasteiger partial charge >= 0.3 is 5.97 Å². The minimum Gasteiger partial charge on any atom is -0.465 e. The molecule has 0 aromatic rings. The average molecular weight is 335 g/mol. The Morgan fingerprint density at radius 3 is 2.08 bits per heavy atom. The molecule has 0 aromatic carbocycles. The molecule has 138 valence electrons. The molecule has 0 aliphatic rings. The second kappa shape index (κ2) is 18.0. The molecule has 0 rings (SSSR count). The summed E-state index contributed by atoms with van der Waals surface area (Å²) in [5.41, 5.74) is 0. The number of allylic oxidation sites excluding steroid dienone is 6. The van der Waals surface area contributed by atoms with E-state index in [0.717, 1.165) is 32.1 Å². The van der Waals surface area contributed by atoms with Gasteiger partial charge in [-0.3, -0.25) is 4.79 Å². The van der Waals surface area contributed by atoms with Crippen molar-refractivity contribution in [1.82, 2.24) is 0 Å². The molecule has 24 heavy (non-hydrogen) atoms. The van der Waals surface area contributed by atoms with E-state index in [4.69, 9.17) is 4.74 Å². The molecule has 0 N–H and O–H groups in total. The van der Waals surface area contributed by atoms with Gasteiger partial charge in [-0.15, -0.1) is 0 Å². The third-order valence-corrected chi connectivity index (χ3v) is 3.61. The van der Waals surface area contributed by atoms with Crippen LogP contribution in [0, 0.1) is 5.92 Å². The fourth-order valence-corrected chi connectivity index (χ4v) is 2.22. The van der Waals surface area contributed by atoms with Crippen LogP contribution in [-0.2, 0) is 9.53 Å². The molecule has 0 aliphatic heterocycles. The first-order valence-electron chi connectivity index (χ1n) is 9.77. The van der Waals surface area contributed by atoms with Gasteiger partial charge in [-0.05, 0) is 44.4 Å². The van der Waals surface area contributed by atoms with Crippen molar-refractivity contribution in [2.45, 2.75) is 85.0 Å². The Kier molecular flexibility index (Phi) is 17.1. The van der Waals surface area contributed by atoms with Crippen molar-refractivity contribution < 1.29 is 9.53 Å². The second-order valence-electron chi connectivity index (χ2n) is 6.68. The van der Waals surface area contributed by atoms with E-state index in [1.165, 1.54) is 25.7 Å². The summed E-state index contributed by atoms with van der Waals surface area (Å²) < 4.78 is 5.17. The molecule has 0 aliphatic carbocycles. The van der Waals surface area contributed by atoms with E-state index in [9.17, 15) is 4.79 Å². The van der Waals surface area contributed by atoms with Gasteiger partial charge in [0.25, 0.3) is 0 Å². The van der Waals surface area contributed by atoms with Crippen LogP contribution in [0.15, 0.2) is 36.5 Å². The van der Waals surface area contributed by atoms with Gasteiger partial charge in [-0.1, -0.05) is 76.5 Å². The lowest BCUT2D eigenvalue weighted by Gasteiger charge is -2.06. The molecule has 0 heterocycles. The molecule has 0 fully saturated rings. The van der Waals surface area contributed by atoms with Gasteiger partial charge < -0.3 is 4.74 Å². The maximum atomic E-state index is 11.4. The smallest absolute Gasteiger partial charge is 0.305 e. The topological polar surface area (TPSA) is 26.3 Å². The molecule has 0 bridgehead atoms. The van der Waals surface area contributed by atoms with Crippen molar-refractivity contribution in [2.75, 3.05) is 6.61 Å². The zero-order valence-corrected chi connectivity index (χ0v) is 16.1. The van der Waals surface area contributed by atoms with Crippen LogP contribution < -0.4 is 0 Å². The fraction of sp³-hybridized carbons (Fsp3) is 0.682. The van der Waals surface area contributed by atoms with Gasteiger partial charge in [-0.25, -0.2) is 0 Å². The van der Waals surface area contributed by atoms with E-state index in [1.807, 2.05) is 0 Å². The van der Waals surface area contributed by atoms with Gasteiger partial charge in [0.1, 0.15) is 0 Å². The summed E-state index contributed by atoms with van der Waals surface area (Å²) >= 11 is 0. The number of rotatable bonds is 15. The number of carbonyl (C=O) groups is 1. The van der Waals surface area contributed by atoms with Gasteiger partial charge in [0.05, 0.1) is 6.61 Å². The van der Waals surface area contributed by atoms with E-state index >= 15 is 0 Å². The van der Waals surface area contributed by atoms with Gasteiger partial charge in [0.2, 0.25) is 0 Å².